The Balaban J connectivity index is 1.51. The maximum atomic E-state index is 14.4. The Morgan fingerprint density at radius 3 is 2.58 bits per heavy atom. The van der Waals surface area contributed by atoms with Crippen LogP contribution in [-0.4, -0.2) is 78.4 Å². The quantitative estimate of drug-likeness (QED) is 0.389. The number of aliphatic hydroxyl groups excluding tert-OH is 1. The van der Waals surface area contributed by atoms with Gasteiger partial charge in [-0.2, -0.15) is 5.10 Å². The minimum atomic E-state index is -2.72. The van der Waals surface area contributed by atoms with Gasteiger partial charge in [0.15, 0.2) is 0 Å². The average Bonchev–Trinajstić information content (AvgIpc) is 3.55. The summed E-state index contributed by atoms with van der Waals surface area (Å²) in [4.78, 5) is 26.8. The van der Waals surface area contributed by atoms with Gasteiger partial charge in [0.05, 0.1) is 41.9 Å². The molecule has 0 spiro atoms. The van der Waals surface area contributed by atoms with Crippen LogP contribution in [0.3, 0.4) is 0 Å². The smallest absolute Gasteiger partial charge is 0.265 e. The molecule has 2 aliphatic heterocycles. The number of hydrogen-bond acceptors (Lipinski definition) is 6. The largest absolute Gasteiger partial charge is 0.395 e. The molecule has 210 valence electrons. The number of nitrogens with zero attached hydrogens (tertiary/aromatic N) is 7. The number of likely N-dealkylation sites (N-methyl/N-ethyl adjacent to an activating group) is 1. The van der Waals surface area contributed by atoms with E-state index in [0.29, 0.717) is 35.2 Å². The lowest BCUT2D eigenvalue weighted by molar-refractivity contribution is -0.135. The van der Waals surface area contributed by atoms with Gasteiger partial charge in [0.25, 0.3) is 6.43 Å². The Kier molecular flexibility index (Phi) is 6.87. The maximum absolute atomic E-state index is 14.4. The number of imidazole rings is 1. The fraction of sp³-hybridized carbons (Fsp3) is 0.448. The highest BCUT2D eigenvalue weighted by Gasteiger charge is 2.36. The predicted octanol–water partition coefficient (Wildman–Crippen LogP) is 4.14. The third-order valence-electron chi connectivity index (χ3n) is 8.27. The number of hydrogen-bond donors (Lipinski definition) is 1. The van der Waals surface area contributed by atoms with Crippen LogP contribution in [0.2, 0.25) is 0 Å². The predicted molar refractivity (Wildman–Crippen MR) is 147 cm³/mol. The molecule has 0 bridgehead atoms. The standard InChI is InChI=1S/C29H33F2N7O2/c1-17-29(40)35(2)16-24-26(34-28(38(17)24)18-7-9-37(10-8-18)11-12-39)20-5-4-6-23-21(20)13-22(27(30)31)25(33-23)19-14-32-36(3)15-19/h4-6,13-15,17-18,27,39H,7-12,16H2,1-3H3. The van der Waals surface area contributed by atoms with Crippen molar-refractivity contribution in [2.24, 2.45) is 7.05 Å². The first-order valence-electron chi connectivity index (χ1n) is 13.7. The lowest BCUT2D eigenvalue weighted by Gasteiger charge is -2.35. The fourth-order valence-corrected chi connectivity index (χ4v) is 6.22. The average molecular weight is 550 g/mol. The molecule has 4 aromatic rings. The number of alkyl halides is 2. The number of halogens is 2. The van der Waals surface area contributed by atoms with E-state index in [0.717, 1.165) is 43.0 Å². The number of carbonyl (C=O) groups is 1. The van der Waals surface area contributed by atoms with Crippen molar-refractivity contribution in [1.29, 1.82) is 0 Å². The summed E-state index contributed by atoms with van der Waals surface area (Å²) in [6, 6.07) is 6.72. The van der Waals surface area contributed by atoms with Crippen molar-refractivity contribution < 1.29 is 18.7 Å². The number of benzene rings is 1. The fourth-order valence-electron chi connectivity index (χ4n) is 6.22. The van der Waals surface area contributed by atoms with Crippen molar-refractivity contribution in [3.05, 3.63) is 53.7 Å². The van der Waals surface area contributed by atoms with Crippen LogP contribution in [0, 0.1) is 0 Å². The van der Waals surface area contributed by atoms with Gasteiger partial charge in [-0.1, -0.05) is 12.1 Å². The number of aromatic nitrogens is 5. The Bertz CT molecular complexity index is 1570. The highest BCUT2D eigenvalue weighted by molar-refractivity contribution is 5.96. The number of amides is 1. The third kappa shape index (κ3) is 4.46. The molecular weight excluding hydrogens is 516 g/mol. The Labute approximate surface area is 231 Å². The number of aliphatic hydroxyl groups is 1. The van der Waals surface area contributed by atoms with Gasteiger partial charge in [-0.25, -0.2) is 18.7 Å². The van der Waals surface area contributed by atoms with Crippen molar-refractivity contribution in [3.63, 3.8) is 0 Å². The van der Waals surface area contributed by atoms with Gasteiger partial charge >= 0.3 is 0 Å². The molecule has 0 saturated carbocycles. The van der Waals surface area contributed by atoms with Gasteiger partial charge in [0.1, 0.15) is 11.9 Å². The zero-order valence-corrected chi connectivity index (χ0v) is 22.9. The van der Waals surface area contributed by atoms with Crippen LogP contribution in [-0.2, 0) is 18.4 Å². The second kappa shape index (κ2) is 10.4. The zero-order chi connectivity index (χ0) is 28.1. The van der Waals surface area contributed by atoms with E-state index in [2.05, 4.69) is 19.5 Å². The highest BCUT2D eigenvalue weighted by atomic mass is 19.3. The molecule has 3 aromatic heterocycles. The first-order chi connectivity index (χ1) is 19.3. The molecule has 1 fully saturated rings. The van der Waals surface area contributed by atoms with Crippen LogP contribution in [0.25, 0.3) is 33.4 Å². The van der Waals surface area contributed by atoms with Gasteiger partial charge in [-0.15, -0.1) is 0 Å². The van der Waals surface area contributed by atoms with Crippen LogP contribution in [0.15, 0.2) is 36.7 Å². The number of carbonyl (C=O) groups excluding carboxylic acids is 1. The number of aryl methyl sites for hydroxylation is 1. The lowest BCUT2D eigenvalue weighted by atomic mass is 9.95. The molecule has 1 aromatic carbocycles. The van der Waals surface area contributed by atoms with Crippen molar-refractivity contribution in [2.45, 2.75) is 44.7 Å². The second-order valence-corrected chi connectivity index (χ2v) is 10.8. The molecule has 1 amide bonds. The molecule has 6 rings (SSSR count). The van der Waals surface area contributed by atoms with Gasteiger partial charge in [0, 0.05) is 54.8 Å². The monoisotopic (exact) mass is 549 g/mol. The zero-order valence-electron chi connectivity index (χ0n) is 22.9. The normalized spacial score (nSPS) is 18.7. The number of rotatable bonds is 6. The number of β-amino-alcohol motifs (C(OH)–C–C–N with tert-alkyl or cyclic N) is 1. The highest BCUT2D eigenvalue weighted by Crippen LogP contribution is 2.41. The van der Waals surface area contributed by atoms with Crippen molar-refractivity contribution in [1.82, 2.24) is 34.1 Å². The molecule has 0 radical (unpaired) electrons. The van der Waals surface area contributed by atoms with Crippen LogP contribution in [0.5, 0.6) is 0 Å². The van der Waals surface area contributed by atoms with Gasteiger partial charge in [-0.3, -0.25) is 9.48 Å². The summed E-state index contributed by atoms with van der Waals surface area (Å²) in [7, 11) is 3.52. The minimum absolute atomic E-state index is 0.0242. The van der Waals surface area contributed by atoms with E-state index in [9.17, 15) is 18.7 Å². The van der Waals surface area contributed by atoms with Crippen LogP contribution < -0.4 is 0 Å². The topological polar surface area (TPSA) is 92.3 Å². The van der Waals surface area contributed by atoms with E-state index in [1.807, 2.05) is 25.1 Å². The van der Waals surface area contributed by atoms with Crippen molar-refractivity contribution in [2.75, 3.05) is 33.3 Å². The molecule has 5 heterocycles. The molecule has 40 heavy (non-hydrogen) atoms. The molecule has 1 saturated heterocycles. The summed E-state index contributed by atoms with van der Waals surface area (Å²) in [5, 5.41) is 14.1. The first kappa shape index (κ1) is 26.5. The summed E-state index contributed by atoms with van der Waals surface area (Å²) in [6.07, 6.45) is 2.24. The van der Waals surface area contributed by atoms with E-state index in [1.54, 1.807) is 36.1 Å². The molecule has 0 aliphatic carbocycles. The molecule has 1 atom stereocenters. The summed E-state index contributed by atoms with van der Waals surface area (Å²) >= 11 is 0. The van der Waals surface area contributed by atoms with Crippen LogP contribution >= 0.6 is 0 Å². The molecule has 11 heteroatoms. The Hall–Kier alpha value is -3.70. The Morgan fingerprint density at radius 2 is 1.90 bits per heavy atom. The maximum Gasteiger partial charge on any atom is 0.265 e. The molecule has 2 aliphatic rings. The third-order valence-corrected chi connectivity index (χ3v) is 8.27. The Morgan fingerprint density at radius 1 is 1.12 bits per heavy atom. The number of likely N-dealkylation sites (tertiary alicyclic amines) is 1. The van der Waals surface area contributed by atoms with Crippen LogP contribution in [0.1, 0.15) is 55.2 Å². The number of piperidine rings is 1. The van der Waals surface area contributed by atoms with E-state index in [4.69, 9.17) is 4.98 Å². The van der Waals surface area contributed by atoms with Gasteiger partial charge in [0.2, 0.25) is 5.91 Å². The summed E-state index contributed by atoms with van der Waals surface area (Å²) < 4.78 is 32.4. The van der Waals surface area contributed by atoms with Crippen LogP contribution in [0.4, 0.5) is 8.78 Å². The molecule has 1 unspecified atom stereocenters. The SMILES string of the molecule is CC1C(=O)N(C)Cc2c(-c3cccc4nc(-c5cnn(C)c5)c(C(F)F)cc34)nc(C3CCN(CCO)CC3)n21. The summed E-state index contributed by atoms with van der Waals surface area (Å²) in [5.41, 5.74) is 3.54. The number of fused-ring (bicyclic) bond motifs is 2. The van der Waals surface area contributed by atoms with E-state index < -0.39 is 12.5 Å². The first-order valence-corrected chi connectivity index (χ1v) is 13.7. The van der Waals surface area contributed by atoms with E-state index in [-0.39, 0.29) is 29.7 Å². The van der Waals surface area contributed by atoms with Crippen molar-refractivity contribution >= 4 is 16.8 Å². The van der Waals surface area contributed by atoms with Gasteiger partial charge < -0.3 is 19.5 Å². The second-order valence-electron chi connectivity index (χ2n) is 10.8. The minimum Gasteiger partial charge on any atom is -0.395 e. The number of pyridine rings is 1. The summed E-state index contributed by atoms with van der Waals surface area (Å²) in [5.74, 6) is 1.05. The van der Waals surface area contributed by atoms with E-state index >= 15 is 0 Å². The van der Waals surface area contributed by atoms with Gasteiger partial charge in [-0.05, 0) is 45.0 Å². The molecule has 9 nitrogen and oxygen atoms in total. The van der Waals surface area contributed by atoms with Crippen molar-refractivity contribution in [3.8, 4) is 22.5 Å². The molecular formula is C29H33F2N7O2. The summed E-state index contributed by atoms with van der Waals surface area (Å²) in [6.45, 7) is 4.75. The van der Waals surface area contributed by atoms with E-state index in [1.165, 1.54) is 6.07 Å². The molecule has 1 N–H and O–H groups in total. The lowest BCUT2D eigenvalue weighted by Crippen LogP contribution is -2.40.